The number of rotatable bonds is 4. The molecule has 2 N–H and O–H groups in total. The van der Waals surface area contributed by atoms with Crippen LogP contribution in [0.15, 0.2) is 48.2 Å². The van der Waals surface area contributed by atoms with Crippen LogP contribution >= 0.6 is 0 Å². The lowest BCUT2D eigenvalue weighted by Crippen LogP contribution is -2.40. The highest BCUT2D eigenvalue weighted by molar-refractivity contribution is 5.99. The molecular weight excluding hydrogens is 376 g/mol. The highest BCUT2D eigenvalue weighted by atomic mass is 16.4. The zero-order valence-corrected chi connectivity index (χ0v) is 17.5. The monoisotopic (exact) mass is 402 g/mol. The molecule has 1 saturated heterocycles. The Kier molecular flexibility index (Phi) is 5.20. The fourth-order valence-corrected chi connectivity index (χ4v) is 4.31. The Labute approximate surface area is 176 Å². The van der Waals surface area contributed by atoms with Crippen LogP contribution < -0.4 is 0 Å². The van der Waals surface area contributed by atoms with Gasteiger partial charge in [0, 0.05) is 23.8 Å². The minimum absolute atomic E-state index is 0.195. The third kappa shape index (κ3) is 3.63. The van der Waals surface area contributed by atoms with E-state index in [1.54, 1.807) is 6.92 Å². The predicted octanol–water partition coefficient (Wildman–Crippen LogP) is 4.93. The fraction of sp³-hybridized carbons (Fsp3) is 0.280. The van der Waals surface area contributed by atoms with E-state index in [-0.39, 0.29) is 5.91 Å². The van der Waals surface area contributed by atoms with Crippen molar-refractivity contribution in [2.75, 3.05) is 6.54 Å². The molecule has 0 radical (unpaired) electrons. The molecule has 3 aromatic rings. The van der Waals surface area contributed by atoms with E-state index in [1.165, 1.54) is 15.8 Å². The summed E-state index contributed by atoms with van der Waals surface area (Å²) < 4.78 is 0. The number of aromatic amines is 1. The molecule has 0 unspecified atom stereocenters. The number of likely N-dealkylation sites (tertiary alicyclic amines) is 1. The predicted molar refractivity (Wildman–Crippen MR) is 119 cm³/mol. The van der Waals surface area contributed by atoms with Gasteiger partial charge in [0.25, 0.3) is 0 Å². The molecule has 1 aliphatic rings. The van der Waals surface area contributed by atoms with Crippen molar-refractivity contribution >= 4 is 28.9 Å². The first-order chi connectivity index (χ1) is 14.3. The van der Waals surface area contributed by atoms with Crippen molar-refractivity contribution in [3.63, 3.8) is 0 Å². The zero-order valence-electron chi connectivity index (χ0n) is 17.5. The highest BCUT2D eigenvalue weighted by Crippen LogP contribution is 2.30. The van der Waals surface area contributed by atoms with Crippen molar-refractivity contribution in [1.82, 2.24) is 9.88 Å². The van der Waals surface area contributed by atoms with Crippen LogP contribution in [0.2, 0.25) is 0 Å². The van der Waals surface area contributed by atoms with Crippen molar-refractivity contribution in [3.8, 4) is 11.1 Å². The lowest BCUT2D eigenvalue weighted by Gasteiger charge is -2.22. The van der Waals surface area contributed by atoms with Gasteiger partial charge in [-0.25, -0.2) is 4.79 Å². The first-order valence-corrected chi connectivity index (χ1v) is 10.3. The average Bonchev–Trinajstić information content (AvgIpc) is 3.38. The van der Waals surface area contributed by atoms with E-state index in [4.69, 9.17) is 0 Å². The van der Waals surface area contributed by atoms with E-state index in [9.17, 15) is 14.7 Å². The molecule has 5 heteroatoms. The maximum Gasteiger partial charge on any atom is 0.326 e. The van der Waals surface area contributed by atoms with Gasteiger partial charge in [-0.3, -0.25) is 4.79 Å². The third-order valence-electron chi connectivity index (χ3n) is 5.99. The first-order valence-electron chi connectivity index (χ1n) is 10.3. The summed E-state index contributed by atoms with van der Waals surface area (Å²) in [5, 5.41) is 10.5. The molecule has 30 heavy (non-hydrogen) atoms. The van der Waals surface area contributed by atoms with Crippen LogP contribution in [0, 0.1) is 13.8 Å². The molecule has 0 saturated carbocycles. The van der Waals surface area contributed by atoms with Gasteiger partial charge in [-0.2, -0.15) is 0 Å². The van der Waals surface area contributed by atoms with E-state index in [0.29, 0.717) is 18.5 Å². The Morgan fingerprint density at radius 3 is 2.70 bits per heavy atom. The summed E-state index contributed by atoms with van der Waals surface area (Å²) in [6.07, 6.45) is 5.07. The van der Waals surface area contributed by atoms with E-state index < -0.39 is 12.0 Å². The van der Waals surface area contributed by atoms with Gasteiger partial charge < -0.3 is 15.0 Å². The first kappa shape index (κ1) is 20.0. The number of hydrogen-bond donors (Lipinski definition) is 2. The van der Waals surface area contributed by atoms with Crippen molar-refractivity contribution < 1.29 is 14.7 Å². The Balaban J connectivity index is 1.64. The smallest absolute Gasteiger partial charge is 0.326 e. The molecular formula is C25H26N2O3. The minimum Gasteiger partial charge on any atom is -0.480 e. The van der Waals surface area contributed by atoms with E-state index >= 15 is 0 Å². The number of aryl methyl sites for hydroxylation is 2. The lowest BCUT2D eigenvalue weighted by molar-refractivity contribution is -0.146. The number of carbonyl (C=O) groups excluding carboxylic acids is 1. The van der Waals surface area contributed by atoms with Gasteiger partial charge in [-0.1, -0.05) is 18.2 Å². The second-order valence-electron chi connectivity index (χ2n) is 8.13. The molecule has 2 aromatic carbocycles. The Morgan fingerprint density at radius 2 is 1.93 bits per heavy atom. The largest absolute Gasteiger partial charge is 0.480 e. The topological polar surface area (TPSA) is 73.4 Å². The molecule has 1 atom stereocenters. The minimum atomic E-state index is -0.926. The summed E-state index contributed by atoms with van der Waals surface area (Å²) in [5.41, 5.74) is 7.20. The van der Waals surface area contributed by atoms with Crippen molar-refractivity contribution in [2.45, 2.75) is 39.7 Å². The van der Waals surface area contributed by atoms with Gasteiger partial charge in [-0.15, -0.1) is 0 Å². The van der Waals surface area contributed by atoms with Crippen LogP contribution in [0.25, 0.3) is 28.1 Å². The lowest BCUT2D eigenvalue weighted by atomic mass is 9.93. The number of carbonyl (C=O) groups is 2. The van der Waals surface area contributed by atoms with Crippen LogP contribution in [0.4, 0.5) is 0 Å². The van der Waals surface area contributed by atoms with Gasteiger partial charge in [-0.05, 0) is 91.1 Å². The summed E-state index contributed by atoms with van der Waals surface area (Å²) in [4.78, 5) is 29.0. The normalized spacial score (nSPS) is 17.0. The number of nitrogens with one attached hydrogen (secondary N) is 1. The summed E-state index contributed by atoms with van der Waals surface area (Å²) in [7, 11) is 0. The number of amides is 1. The van der Waals surface area contributed by atoms with Gasteiger partial charge in [0.2, 0.25) is 5.91 Å². The van der Waals surface area contributed by atoms with Gasteiger partial charge in [0.15, 0.2) is 0 Å². The van der Waals surface area contributed by atoms with Gasteiger partial charge >= 0.3 is 5.97 Å². The third-order valence-corrected chi connectivity index (χ3v) is 5.99. The molecule has 5 nitrogen and oxygen atoms in total. The number of fused-ring (bicyclic) bond motifs is 1. The molecule has 0 spiro atoms. The summed E-state index contributed by atoms with van der Waals surface area (Å²) in [6.45, 7) is 6.38. The highest BCUT2D eigenvalue weighted by Gasteiger charge is 2.34. The average molecular weight is 402 g/mol. The van der Waals surface area contributed by atoms with Crippen LogP contribution in [0.3, 0.4) is 0 Å². The summed E-state index contributed by atoms with van der Waals surface area (Å²) in [6, 6.07) is 12.0. The number of carboxylic acid groups (broad SMARTS) is 1. The maximum atomic E-state index is 12.8. The Morgan fingerprint density at radius 1 is 1.13 bits per heavy atom. The van der Waals surface area contributed by atoms with Gasteiger partial charge in [0.1, 0.15) is 6.04 Å². The summed E-state index contributed by atoms with van der Waals surface area (Å²) >= 11 is 0. The molecule has 0 bridgehead atoms. The molecule has 1 aromatic heterocycles. The molecule has 1 fully saturated rings. The standard InChI is InChI=1S/C25H26N2O3/c1-15-13-21(18-6-7-22-19(14-18)8-9-26-22)16(2)11-20(15)12-17(3)24(28)27-10-4-5-23(27)25(29)30/h6-9,11-14,23,26H,4-5,10H2,1-3H3,(H,29,30)/t23-/m0/s1. The molecule has 2 heterocycles. The van der Waals surface area contributed by atoms with Crippen molar-refractivity contribution in [1.29, 1.82) is 0 Å². The quantitative estimate of drug-likeness (QED) is 0.608. The van der Waals surface area contributed by atoms with Crippen LogP contribution in [0.1, 0.15) is 36.5 Å². The number of aromatic nitrogens is 1. The zero-order chi connectivity index (χ0) is 21.4. The number of H-pyrrole nitrogens is 1. The SMILES string of the molecule is CC(=Cc1cc(C)c(-c2ccc3[nH]ccc3c2)cc1C)C(=O)N1CCC[C@H]1C(=O)O. The Hall–Kier alpha value is -3.34. The van der Waals surface area contributed by atoms with Crippen LogP contribution in [0.5, 0.6) is 0 Å². The van der Waals surface area contributed by atoms with E-state index in [2.05, 4.69) is 48.3 Å². The number of aliphatic carboxylic acids is 1. The fourth-order valence-electron chi connectivity index (χ4n) is 4.31. The van der Waals surface area contributed by atoms with Crippen molar-refractivity contribution in [2.24, 2.45) is 0 Å². The second-order valence-corrected chi connectivity index (χ2v) is 8.13. The van der Waals surface area contributed by atoms with Gasteiger partial charge in [0.05, 0.1) is 0 Å². The molecule has 4 rings (SSSR count). The van der Waals surface area contributed by atoms with Crippen LogP contribution in [-0.4, -0.2) is 39.5 Å². The van der Waals surface area contributed by atoms with E-state index in [1.807, 2.05) is 19.2 Å². The molecule has 154 valence electrons. The van der Waals surface area contributed by atoms with E-state index in [0.717, 1.165) is 34.2 Å². The molecule has 1 amide bonds. The molecule has 1 aliphatic heterocycles. The molecule has 0 aliphatic carbocycles. The Bertz CT molecular complexity index is 1170. The number of carboxylic acids is 1. The second kappa shape index (κ2) is 7.82. The summed E-state index contributed by atoms with van der Waals surface area (Å²) in [5.74, 6) is -1.12. The number of hydrogen-bond acceptors (Lipinski definition) is 2. The van der Waals surface area contributed by atoms with Crippen molar-refractivity contribution in [3.05, 3.63) is 64.9 Å². The maximum absolute atomic E-state index is 12.8. The number of benzene rings is 2. The van der Waals surface area contributed by atoms with Crippen LogP contribution in [-0.2, 0) is 9.59 Å². The number of nitrogens with zero attached hydrogens (tertiary/aromatic N) is 1.